The third-order valence-electron chi connectivity index (χ3n) is 5.33. The van der Waals surface area contributed by atoms with E-state index in [1.54, 1.807) is 0 Å². The Labute approximate surface area is 110 Å². The Morgan fingerprint density at radius 1 is 1.11 bits per heavy atom. The molecule has 3 nitrogen and oxygen atoms in total. The van der Waals surface area contributed by atoms with E-state index in [4.69, 9.17) is 4.74 Å². The predicted octanol–water partition coefficient (Wildman–Crippen LogP) is 2.33. The number of likely N-dealkylation sites (tertiary alicyclic amines) is 1. The molecule has 3 aliphatic rings. The standard InChI is InChI=1S/C15H27NO2/c17-12-14-5-2-1-3-9-16(14)13-6-10-18-15(11-13)7-4-8-15/h13-14,17H,1-12H2. The largest absolute Gasteiger partial charge is 0.395 e. The Kier molecular flexibility index (Phi) is 3.92. The molecule has 0 radical (unpaired) electrons. The van der Waals surface area contributed by atoms with E-state index in [1.165, 1.54) is 57.9 Å². The maximum Gasteiger partial charge on any atom is 0.0697 e. The summed E-state index contributed by atoms with van der Waals surface area (Å²) in [6.45, 7) is 2.45. The van der Waals surface area contributed by atoms with Gasteiger partial charge in [0, 0.05) is 18.7 Å². The van der Waals surface area contributed by atoms with Gasteiger partial charge in [-0.2, -0.15) is 0 Å². The van der Waals surface area contributed by atoms with E-state index in [1.807, 2.05) is 0 Å². The molecule has 2 heterocycles. The lowest BCUT2D eigenvalue weighted by molar-refractivity contribution is -0.153. The van der Waals surface area contributed by atoms with Gasteiger partial charge in [-0.05, 0) is 51.5 Å². The van der Waals surface area contributed by atoms with Gasteiger partial charge in [0.25, 0.3) is 0 Å². The first-order valence-corrected chi connectivity index (χ1v) is 7.84. The average molecular weight is 253 g/mol. The molecular formula is C15H27NO2. The molecule has 2 atom stereocenters. The summed E-state index contributed by atoms with van der Waals surface area (Å²) in [5, 5.41) is 9.65. The molecule has 1 N–H and O–H groups in total. The normalized spacial score (nSPS) is 37.2. The van der Waals surface area contributed by atoms with Gasteiger partial charge in [-0.25, -0.2) is 0 Å². The van der Waals surface area contributed by atoms with Gasteiger partial charge in [0.15, 0.2) is 0 Å². The zero-order chi connectivity index (χ0) is 12.4. The number of hydrogen-bond acceptors (Lipinski definition) is 3. The molecule has 0 aromatic heterocycles. The van der Waals surface area contributed by atoms with Gasteiger partial charge in [0.2, 0.25) is 0 Å². The van der Waals surface area contributed by atoms with Gasteiger partial charge in [-0.3, -0.25) is 4.90 Å². The predicted molar refractivity (Wildman–Crippen MR) is 71.6 cm³/mol. The number of hydrogen-bond donors (Lipinski definition) is 1. The molecule has 104 valence electrons. The molecule has 3 fully saturated rings. The van der Waals surface area contributed by atoms with Gasteiger partial charge < -0.3 is 9.84 Å². The van der Waals surface area contributed by atoms with Crippen LogP contribution in [-0.4, -0.2) is 47.4 Å². The van der Waals surface area contributed by atoms with Crippen LogP contribution in [0.4, 0.5) is 0 Å². The van der Waals surface area contributed by atoms with E-state index in [-0.39, 0.29) is 5.60 Å². The Morgan fingerprint density at radius 3 is 2.72 bits per heavy atom. The van der Waals surface area contributed by atoms with E-state index in [0.717, 1.165) is 13.0 Å². The van der Waals surface area contributed by atoms with Crippen molar-refractivity contribution in [2.75, 3.05) is 19.8 Å². The van der Waals surface area contributed by atoms with E-state index >= 15 is 0 Å². The van der Waals surface area contributed by atoms with Crippen LogP contribution in [0.15, 0.2) is 0 Å². The summed E-state index contributed by atoms with van der Waals surface area (Å²) in [6, 6.07) is 1.07. The molecule has 0 aromatic carbocycles. The smallest absolute Gasteiger partial charge is 0.0697 e. The van der Waals surface area contributed by atoms with Crippen molar-refractivity contribution in [3.05, 3.63) is 0 Å². The number of nitrogens with zero attached hydrogens (tertiary/aromatic N) is 1. The van der Waals surface area contributed by atoms with Crippen LogP contribution in [0.1, 0.15) is 57.8 Å². The second kappa shape index (κ2) is 5.48. The van der Waals surface area contributed by atoms with Crippen LogP contribution in [0.2, 0.25) is 0 Å². The molecule has 1 aliphatic carbocycles. The quantitative estimate of drug-likeness (QED) is 0.820. The van der Waals surface area contributed by atoms with Crippen LogP contribution in [0.5, 0.6) is 0 Å². The van der Waals surface area contributed by atoms with Gasteiger partial charge >= 0.3 is 0 Å². The summed E-state index contributed by atoms with van der Waals surface area (Å²) in [4.78, 5) is 2.62. The van der Waals surface area contributed by atoms with E-state index in [2.05, 4.69) is 4.90 Å². The minimum absolute atomic E-state index is 0.231. The fourth-order valence-electron chi connectivity index (χ4n) is 4.08. The summed E-state index contributed by atoms with van der Waals surface area (Å²) < 4.78 is 6.03. The fourth-order valence-corrected chi connectivity index (χ4v) is 4.08. The van der Waals surface area contributed by atoms with Gasteiger partial charge in [-0.15, -0.1) is 0 Å². The lowest BCUT2D eigenvalue weighted by Crippen LogP contribution is -2.54. The first-order chi connectivity index (χ1) is 8.83. The third-order valence-corrected chi connectivity index (χ3v) is 5.33. The van der Waals surface area contributed by atoms with E-state index < -0.39 is 0 Å². The lowest BCUT2D eigenvalue weighted by atomic mass is 9.73. The fraction of sp³-hybridized carbons (Fsp3) is 1.00. The second-order valence-corrected chi connectivity index (χ2v) is 6.46. The Morgan fingerprint density at radius 2 is 2.00 bits per heavy atom. The topological polar surface area (TPSA) is 32.7 Å². The zero-order valence-corrected chi connectivity index (χ0v) is 11.4. The molecule has 0 amide bonds. The second-order valence-electron chi connectivity index (χ2n) is 6.46. The molecule has 3 heteroatoms. The van der Waals surface area contributed by atoms with Crippen molar-refractivity contribution in [1.29, 1.82) is 0 Å². The Bertz CT molecular complexity index is 278. The lowest BCUT2D eigenvalue weighted by Gasteiger charge is -2.50. The number of ether oxygens (including phenoxy) is 1. The monoisotopic (exact) mass is 253 g/mol. The van der Waals surface area contributed by atoms with Crippen LogP contribution in [0.3, 0.4) is 0 Å². The van der Waals surface area contributed by atoms with Crippen molar-refractivity contribution in [2.24, 2.45) is 0 Å². The summed E-state index contributed by atoms with van der Waals surface area (Å²) in [7, 11) is 0. The van der Waals surface area contributed by atoms with Gasteiger partial charge in [0.05, 0.1) is 12.2 Å². The molecule has 1 saturated carbocycles. The minimum Gasteiger partial charge on any atom is -0.395 e. The van der Waals surface area contributed by atoms with E-state index in [9.17, 15) is 5.11 Å². The highest BCUT2D eigenvalue weighted by Crippen LogP contribution is 2.44. The van der Waals surface area contributed by atoms with Crippen molar-refractivity contribution in [1.82, 2.24) is 4.90 Å². The average Bonchev–Trinajstić information content (AvgIpc) is 2.62. The summed E-state index contributed by atoms with van der Waals surface area (Å²) in [5.41, 5.74) is 0.231. The highest BCUT2D eigenvalue weighted by Gasteiger charge is 2.44. The third kappa shape index (κ3) is 2.45. The van der Waals surface area contributed by atoms with Crippen molar-refractivity contribution in [2.45, 2.75) is 75.5 Å². The highest BCUT2D eigenvalue weighted by molar-refractivity contribution is 4.97. The SMILES string of the molecule is OCC1CCCCCN1C1CCOC2(CCC2)C1. The van der Waals surface area contributed by atoms with Crippen LogP contribution < -0.4 is 0 Å². The molecule has 1 spiro atoms. The number of aliphatic hydroxyl groups excluding tert-OH is 1. The molecule has 18 heavy (non-hydrogen) atoms. The van der Waals surface area contributed by atoms with Crippen LogP contribution in [-0.2, 0) is 4.74 Å². The molecule has 0 aromatic rings. The highest BCUT2D eigenvalue weighted by atomic mass is 16.5. The Hall–Kier alpha value is -0.120. The van der Waals surface area contributed by atoms with Crippen LogP contribution in [0.25, 0.3) is 0 Å². The Balaban J connectivity index is 1.67. The number of aliphatic hydroxyl groups is 1. The zero-order valence-electron chi connectivity index (χ0n) is 11.4. The van der Waals surface area contributed by atoms with Crippen molar-refractivity contribution >= 4 is 0 Å². The first-order valence-electron chi connectivity index (χ1n) is 7.84. The maximum absolute atomic E-state index is 9.65. The maximum atomic E-state index is 9.65. The molecule has 2 aliphatic heterocycles. The molecule has 0 bridgehead atoms. The number of rotatable bonds is 2. The van der Waals surface area contributed by atoms with Crippen LogP contribution >= 0.6 is 0 Å². The van der Waals surface area contributed by atoms with E-state index in [0.29, 0.717) is 18.7 Å². The van der Waals surface area contributed by atoms with Gasteiger partial charge in [0.1, 0.15) is 0 Å². The first kappa shape index (κ1) is 12.9. The molecule has 3 rings (SSSR count). The molecule has 2 saturated heterocycles. The van der Waals surface area contributed by atoms with Crippen LogP contribution in [0, 0.1) is 0 Å². The molecular weight excluding hydrogens is 226 g/mol. The van der Waals surface area contributed by atoms with Crippen molar-refractivity contribution in [3.63, 3.8) is 0 Å². The minimum atomic E-state index is 0.231. The van der Waals surface area contributed by atoms with Crippen molar-refractivity contribution in [3.8, 4) is 0 Å². The summed E-state index contributed by atoms with van der Waals surface area (Å²) in [6.07, 6.45) is 11.4. The van der Waals surface area contributed by atoms with Gasteiger partial charge in [-0.1, -0.05) is 12.8 Å². The summed E-state index contributed by atoms with van der Waals surface area (Å²) >= 11 is 0. The van der Waals surface area contributed by atoms with Crippen molar-refractivity contribution < 1.29 is 9.84 Å². The molecule has 2 unspecified atom stereocenters. The summed E-state index contributed by atoms with van der Waals surface area (Å²) in [5.74, 6) is 0.